The molecule has 1 fully saturated rings. The first-order chi connectivity index (χ1) is 14.3. The molecule has 0 unspecified atom stereocenters. The molecule has 1 amide bonds. The fourth-order valence-corrected chi connectivity index (χ4v) is 6.90. The van der Waals surface area contributed by atoms with Gasteiger partial charge in [-0.2, -0.15) is 4.31 Å². The number of carbonyl (C=O) groups is 1. The van der Waals surface area contributed by atoms with Gasteiger partial charge in [0.25, 0.3) is 10.0 Å². The highest BCUT2D eigenvalue weighted by Crippen LogP contribution is 2.29. The van der Waals surface area contributed by atoms with Gasteiger partial charge in [0, 0.05) is 36.6 Å². The minimum Gasteiger partial charge on any atom is -0.340 e. The Morgan fingerprint density at radius 1 is 1.13 bits per heavy atom. The van der Waals surface area contributed by atoms with Gasteiger partial charge in [0.05, 0.1) is 17.1 Å². The lowest BCUT2D eigenvalue weighted by Gasteiger charge is -2.33. The van der Waals surface area contributed by atoms with Crippen molar-refractivity contribution in [2.75, 3.05) is 26.2 Å². The fourth-order valence-electron chi connectivity index (χ4n) is 3.39. The summed E-state index contributed by atoms with van der Waals surface area (Å²) in [7, 11) is -3.49. The number of sulfonamides is 1. The Balaban J connectivity index is 1.43. The number of rotatable bonds is 5. The van der Waals surface area contributed by atoms with Crippen molar-refractivity contribution in [2.45, 2.75) is 17.6 Å². The predicted octanol–water partition coefficient (Wildman–Crippen LogP) is 3.39. The van der Waals surface area contributed by atoms with Crippen LogP contribution < -0.4 is 0 Å². The summed E-state index contributed by atoms with van der Waals surface area (Å²) in [4.78, 5) is 19.9. The molecule has 10 heteroatoms. The molecule has 0 atom stereocenters. The number of piperazine rings is 1. The fraction of sp³-hybridized carbons (Fsp3) is 0.300. The van der Waals surface area contributed by atoms with Crippen LogP contribution in [-0.2, 0) is 21.2 Å². The van der Waals surface area contributed by atoms with E-state index in [2.05, 4.69) is 4.98 Å². The van der Waals surface area contributed by atoms with E-state index in [1.54, 1.807) is 34.5 Å². The third-order valence-electron chi connectivity index (χ3n) is 4.91. The van der Waals surface area contributed by atoms with Gasteiger partial charge >= 0.3 is 0 Å². The van der Waals surface area contributed by atoms with E-state index >= 15 is 0 Å². The lowest BCUT2D eigenvalue weighted by atomic mass is 10.1. The second-order valence-corrected chi connectivity index (χ2v) is 11.3. The maximum Gasteiger partial charge on any atom is 0.252 e. The van der Waals surface area contributed by atoms with E-state index < -0.39 is 10.0 Å². The summed E-state index contributed by atoms with van der Waals surface area (Å²) in [6, 6.07) is 9.39. The third kappa shape index (κ3) is 4.31. The van der Waals surface area contributed by atoms with Crippen molar-refractivity contribution >= 4 is 38.6 Å². The number of aryl methyl sites for hydroxylation is 1. The van der Waals surface area contributed by atoms with Crippen molar-refractivity contribution in [3.8, 4) is 11.3 Å². The van der Waals surface area contributed by atoms with Crippen molar-refractivity contribution in [3.63, 3.8) is 0 Å². The van der Waals surface area contributed by atoms with Crippen LogP contribution in [0.25, 0.3) is 11.3 Å². The number of aromatic nitrogens is 1. The van der Waals surface area contributed by atoms with Crippen LogP contribution in [-0.4, -0.2) is 54.7 Å². The van der Waals surface area contributed by atoms with Gasteiger partial charge in [0.1, 0.15) is 10.0 Å². The maximum absolute atomic E-state index is 13.2. The van der Waals surface area contributed by atoms with Gasteiger partial charge in [0.2, 0.25) is 5.91 Å². The van der Waals surface area contributed by atoms with Gasteiger partial charge in [-0.3, -0.25) is 4.79 Å². The Kier molecular flexibility index (Phi) is 6.01. The summed E-state index contributed by atoms with van der Waals surface area (Å²) >= 11 is 2.65. The Morgan fingerprint density at radius 2 is 1.83 bits per heavy atom. The van der Waals surface area contributed by atoms with Crippen molar-refractivity contribution in [1.82, 2.24) is 14.2 Å². The van der Waals surface area contributed by atoms with Gasteiger partial charge in [0.15, 0.2) is 0 Å². The van der Waals surface area contributed by atoms with Crippen LogP contribution in [0.1, 0.15) is 9.88 Å². The van der Waals surface area contributed by atoms with Crippen molar-refractivity contribution in [2.24, 2.45) is 0 Å². The van der Waals surface area contributed by atoms with E-state index in [-0.39, 0.29) is 31.2 Å². The number of thiazole rings is 1. The molecule has 3 heterocycles. The van der Waals surface area contributed by atoms with Crippen LogP contribution >= 0.6 is 22.7 Å². The highest BCUT2D eigenvalue weighted by atomic mass is 32.2. The molecule has 2 aromatic heterocycles. The minimum atomic E-state index is -3.49. The van der Waals surface area contributed by atoms with Gasteiger partial charge < -0.3 is 4.90 Å². The molecular formula is C20H20FN3O3S3. The van der Waals surface area contributed by atoms with Crippen molar-refractivity contribution in [3.05, 3.63) is 57.5 Å². The van der Waals surface area contributed by atoms with Crippen LogP contribution in [0.2, 0.25) is 0 Å². The molecule has 0 spiro atoms. The molecule has 0 radical (unpaired) electrons. The Morgan fingerprint density at radius 3 is 2.47 bits per heavy atom. The van der Waals surface area contributed by atoms with Crippen LogP contribution in [0.15, 0.2) is 46.0 Å². The quantitative estimate of drug-likeness (QED) is 0.579. The summed E-state index contributed by atoms with van der Waals surface area (Å²) in [5.74, 6) is -0.381. The normalized spacial score (nSPS) is 15.5. The summed E-state index contributed by atoms with van der Waals surface area (Å²) in [6.07, 6.45) is 0.190. The van der Waals surface area contributed by atoms with E-state index in [0.29, 0.717) is 23.0 Å². The summed E-state index contributed by atoms with van der Waals surface area (Å²) in [5, 5.41) is 2.58. The highest BCUT2D eigenvalue weighted by Gasteiger charge is 2.31. The van der Waals surface area contributed by atoms with Crippen LogP contribution in [0.5, 0.6) is 0 Å². The zero-order valence-corrected chi connectivity index (χ0v) is 18.7. The number of halogens is 1. The minimum absolute atomic E-state index is 0.0600. The van der Waals surface area contributed by atoms with Crippen molar-refractivity contribution in [1.29, 1.82) is 0 Å². The molecule has 4 rings (SSSR count). The number of amides is 1. The number of carbonyl (C=O) groups excluding carboxylic acids is 1. The summed E-state index contributed by atoms with van der Waals surface area (Å²) < 4.78 is 40.3. The average molecular weight is 466 g/mol. The molecule has 0 saturated carbocycles. The zero-order valence-electron chi connectivity index (χ0n) is 16.2. The lowest BCUT2D eigenvalue weighted by Crippen LogP contribution is -2.50. The third-order valence-corrected chi connectivity index (χ3v) is 9.16. The summed E-state index contributed by atoms with van der Waals surface area (Å²) in [5.41, 5.74) is 1.47. The van der Waals surface area contributed by atoms with E-state index in [4.69, 9.17) is 0 Å². The first-order valence-electron chi connectivity index (χ1n) is 9.38. The van der Waals surface area contributed by atoms with Crippen LogP contribution in [0, 0.1) is 12.7 Å². The zero-order chi connectivity index (χ0) is 21.3. The Bertz CT molecular complexity index is 1130. The van der Waals surface area contributed by atoms with Crippen LogP contribution in [0.4, 0.5) is 4.39 Å². The highest BCUT2D eigenvalue weighted by molar-refractivity contribution is 7.91. The Hall–Kier alpha value is -2.14. The molecule has 1 aliphatic rings. The smallest absolute Gasteiger partial charge is 0.252 e. The largest absolute Gasteiger partial charge is 0.340 e. The Labute approximate surface area is 182 Å². The number of thiophene rings is 1. The maximum atomic E-state index is 13.2. The van der Waals surface area contributed by atoms with Gasteiger partial charge in [-0.15, -0.1) is 22.7 Å². The lowest BCUT2D eigenvalue weighted by molar-refractivity contribution is -0.131. The number of nitrogens with zero attached hydrogens (tertiary/aromatic N) is 3. The first-order valence-corrected chi connectivity index (χ1v) is 12.5. The average Bonchev–Trinajstić information content (AvgIpc) is 3.39. The van der Waals surface area contributed by atoms with Crippen LogP contribution in [0.3, 0.4) is 0 Å². The molecule has 0 N–H and O–H groups in total. The van der Waals surface area contributed by atoms with Gasteiger partial charge in [-0.05, 0) is 42.6 Å². The molecule has 0 bridgehead atoms. The number of hydrogen-bond donors (Lipinski definition) is 0. The SMILES string of the molecule is Cc1nc(-c2ccc(F)cc2)c(CC(=O)N2CCN(S(=O)(=O)c3cccs3)CC2)s1. The van der Waals surface area contributed by atoms with E-state index in [0.717, 1.165) is 15.4 Å². The first kappa shape index (κ1) is 21.1. The monoisotopic (exact) mass is 465 g/mol. The van der Waals surface area contributed by atoms with E-state index in [1.807, 2.05) is 6.92 Å². The predicted molar refractivity (Wildman–Crippen MR) is 116 cm³/mol. The standard InChI is InChI=1S/C20H20FN3O3S3/c1-14-22-20(15-4-6-16(21)7-5-15)17(29-14)13-18(25)23-8-10-24(11-9-23)30(26,27)19-3-2-12-28-19/h2-7,12H,8-11,13H2,1H3. The van der Waals surface area contributed by atoms with E-state index in [1.165, 1.54) is 39.1 Å². The molecule has 158 valence electrons. The molecular weight excluding hydrogens is 445 g/mol. The van der Waals surface area contributed by atoms with Gasteiger partial charge in [-0.1, -0.05) is 6.07 Å². The molecule has 0 aliphatic carbocycles. The molecule has 30 heavy (non-hydrogen) atoms. The van der Waals surface area contributed by atoms with Crippen molar-refractivity contribution < 1.29 is 17.6 Å². The van der Waals surface area contributed by atoms with E-state index in [9.17, 15) is 17.6 Å². The number of benzene rings is 1. The second-order valence-electron chi connectivity index (χ2n) is 6.91. The van der Waals surface area contributed by atoms with Gasteiger partial charge in [-0.25, -0.2) is 17.8 Å². The second kappa shape index (κ2) is 8.54. The summed E-state index contributed by atoms with van der Waals surface area (Å²) in [6.45, 7) is 3.14. The molecule has 1 saturated heterocycles. The molecule has 6 nitrogen and oxygen atoms in total. The molecule has 3 aromatic rings. The molecule has 1 aromatic carbocycles. The number of hydrogen-bond acceptors (Lipinski definition) is 6. The molecule has 1 aliphatic heterocycles. The topological polar surface area (TPSA) is 70.6 Å².